The Kier molecular flexibility index (Phi) is 5.10. The lowest BCUT2D eigenvalue weighted by Crippen LogP contribution is -2.23. The van der Waals surface area contributed by atoms with Gasteiger partial charge in [-0.3, -0.25) is 9.78 Å². The molecule has 3 rings (SSSR count). The first-order chi connectivity index (χ1) is 12.8. The van der Waals surface area contributed by atoms with E-state index >= 15 is 0 Å². The molecule has 0 atom stereocenters. The van der Waals surface area contributed by atoms with Crippen molar-refractivity contribution in [2.75, 3.05) is 0 Å². The van der Waals surface area contributed by atoms with Crippen LogP contribution in [0.1, 0.15) is 46.8 Å². The van der Waals surface area contributed by atoms with E-state index in [1.54, 1.807) is 32.3 Å². The summed E-state index contributed by atoms with van der Waals surface area (Å²) in [5, 5.41) is 17.0. The summed E-state index contributed by atoms with van der Waals surface area (Å²) in [4.78, 5) is 16.8. The molecule has 0 radical (unpaired) electrons. The SMILES string of the molecule is Cc1noc(C)c1CNC(=O)c1cccc(-c2cncc(C(C)(C)O)c2)c1. The molecule has 0 bridgehead atoms. The molecule has 2 N–H and O–H groups in total. The number of rotatable bonds is 5. The zero-order valence-electron chi connectivity index (χ0n) is 15.9. The molecule has 0 saturated heterocycles. The minimum Gasteiger partial charge on any atom is -0.386 e. The van der Waals surface area contributed by atoms with Crippen molar-refractivity contribution in [3.63, 3.8) is 0 Å². The highest BCUT2D eigenvalue weighted by molar-refractivity contribution is 5.95. The van der Waals surface area contributed by atoms with E-state index in [4.69, 9.17) is 4.52 Å². The summed E-state index contributed by atoms with van der Waals surface area (Å²) in [5.74, 6) is 0.527. The minimum absolute atomic E-state index is 0.177. The summed E-state index contributed by atoms with van der Waals surface area (Å²) in [7, 11) is 0. The molecule has 0 unspecified atom stereocenters. The van der Waals surface area contributed by atoms with Crippen molar-refractivity contribution < 1.29 is 14.4 Å². The van der Waals surface area contributed by atoms with Crippen molar-refractivity contribution in [2.24, 2.45) is 0 Å². The monoisotopic (exact) mass is 365 g/mol. The van der Waals surface area contributed by atoms with E-state index in [0.29, 0.717) is 23.4 Å². The summed E-state index contributed by atoms with van der Waals surface area (Å²) in [5.41, 5.74) is 3.65. The van der Waals surface area contributed by atoms with E-state index < -0.39 is 5.60 Å². The molecule has 0 spiro atoms. The van der Waals surface area contributed by atoms with Gasteiger partial charge in [0.05, 0.1) is 11.3 Å². The summed E-state index contributed by atoms with van der Waals surface area (Å²) < 4.78 is 5.12. The van der Waals surface area contributed by atoms with E-state index in [0.717, 1.165) is 22.4 Å². The molecule has 2 heterocycles. The van der Waals surface area contributed by atoms with Gasteiger partial charge in [0.1, 0.15) is 5.76 Å². The van der Waals surface area contributed by atoms with Crippen LogP contribution in [0.15, 0.2) is 47.2 Å². The number of nitrogens with zero attached hydrogens (tertiary/aromatic N) is 2. The first-order valence-corrected chi connectivity index (χ1v) is 8.74. The van der Waals surface area contributed by atoms with Crippen LogP contribution >= 0.6 is 0 Å². The maximum atomic E-state index is 12.6. The number of benzene rings is 1. The van der Waals surface area contributed by atoms with Crippen molar-refractivity contribution in [1.29, 1.82) is 0 Å². The third-order valence-electron chi connectivity index (χ3n) is 4.51. The van der Waals surface area contributed by atoms with Gasteiger partial charge in [-0.05, 0) is 51.5 Å². The molecule has 27 heavy (non-hydrogen) atoms. The lowest BCUT2D eigenvalue weighted by Gasteiger charge is -2.18. The average molecular weight is 365 g/mol. The van der Waals surface area contributed by atoms with E-state index in [-0.39, 0.29) is 5.91 Å². The fraction of sp³-hybridized carbons (Fsp3) is 0.286. The Morgan fingerprint density at radius 3 is 2.63 bits per heavy atom. The highest BCUT2D eigenvalue weighted by atomic mass is 16.5. The van der Waals surface area contributed by atoms with Crippen molar-refractivity contribution in [3.8, 4) is 11.1 Å². The van der Waals surface area contributed by atoms with Crippen LogP contribution in [0.3, 0.4) is 0 Å². The van der Waals surface area contributed by atoms with Gasteiger partial charge in [0, 0.05) is 41.2 Å². The van der Waals surface area contributed by atoms with Gasteiger partial charge in [0.15, 0.2) is 0 Å². The fourth-order valence-electron chi connectivity index (χ4n) is 2.80. The Morgan fingerprint density at radius 1 is 1.19 bits per heavy atom. The first kappa shape index (κ1) is 18.8. The number of aromatic nitrogens is 2. The lowest BCUT2D eigenvalue weighted by atomic mass is 9.96. The topological polar surface area (TPSA) is 88.3 Å². The van der Waals surface area contributed by atoms with Crippen LogP contribution < -0.4 is 5.32 Å². The van der Waals surface area contributed by atoms with Gasteiger partial charge in [-0.1, -0.05) is 17.3 Å². The Hall–Kier alpha value is -2.99. The highest BCUT2D eigenvalue weighted by Gasteiger charge is 2.17. The highest BCUT2D eigenvalue weighted by Crippen LogP contribution is 2.25. The second kappa shape index (κ2) is 7.32. The number of hydrogen-bond donors (Lipinski definition) is 2. The molecular formula is C21H23N3O3. The number of aryl methyl sites for hydroxylation is 2. The van der Waals surface area contributed by atoms with Gasteiger partial charge in [-0.15, -0.1) is 0 Å². The average Bonchev–Trinajstić information content (AvgIpc) is 2.97. The number of pyridine rings is 1. The summed E-state index contributed by atoms with van der Waals surface area (Å²) in [6, 6.07) is 9.20. The number of carbonyl (C=O) groups excluding carboxylic acids is 1. The van der Waals surface area contributed by atoms with E-state index in [2.05, 4.69) is 15.5 Å². The number of nitrogens with one attached hydrogen (secondary N) is 1. The molecule has 1 aromatic carbocycles. The van der Waals surface area contributed by atoms with Crippen LogP contribution in [0.25, 0.3) is 11.1 Å². The molecule has 140 valence electrons. The Balaban J connectivity index is 1.80. The third kappa shape index (κ3) is 4.23. The van der Waals surface area contributed by atoms with E-state index in [1.165, 1.54) is 0 Å². The molecule has 0 aliphatic rings. The van der Waals surface area contributed by atoms with Crippen LogP contribution in [-0.2, 0) is 12.1 Å². The molecule has 6 heteroatoms. The van der Waals surface area contributed by atoms with Crippen molar-refractivity contribution >= 4 is 5.91 Å². The van der Waals surface area contributed by atoms with Crippen LogP contribution in [0.4, 0.5) is 0 Å². The van der Waals surface area contributed by atoms with Crippen molar-refractivity contribution in [2.45, 2.75) is 39.8 Å². The Morgan fingerprint density at radius 2 is 1.96 bits per heavy atom. The van der Waals surface area contributed by atoms with Crippen molar-refractivity contribution in [1.82, 2.24) is 15.5 Å². The largest absolute Gasteiger partial charge is 0.386 e. The number of amides is 1. The predicted molar refractivity (Wildman–Crippen MR) is 102 cm³/mol. The molecular weight excluding hydrogens is 342 g/mol. The Labute approximate surface area is 158 Å². The normalized spacial score (nSPS) is 11.4. The van der Waals surface area contributed by atoms with Gasteiger partial charge in [0.25, 0.3) is 5.91 Å². The summed E-state index contributed by atoms with van der Waals surface area (Å²) >= 11 is 0. The number of carbonyl (C=O) groups is 1. The third-order valence-corrected chi connectivity index (χ3v) is 4.51. The maximum Gasteiger partial charge on any atom is 0.251 e. The first-order valence-electron chi connectivity index (χ1n) is 8.74. The van der Waals surface area contributed by atoms with Crippen LogP contribution in [0.5, 0.6) is 0 Å². The van der Waals surface area contributed by atoms with Crippen LogP contribution in [-0.4, -0.2) is 21.2 Å². The molecule has 6 nitrogen and oxygen atoms in total. The predicted octanol–water partition coefficient (Wildman–Crippen LogP) is 3.51. The molecule has 0 aliphatic heterocycles. The minimum atomic E-state index is -0.980. The number of aliphatic hydroxyl groups is 1. The van der Waals surface area contributed by atoms with Gasteiger partial charge in [-0.25, -0.2) is 0 Å². The molecule has 0 fully saturated rings. The molecule has 0 aliphatic carbocycles. The van der Waals surface area contributed by atoms with E-state index in [9.17, 15) is 9.90 Å². The molecule has 2 aromatic heterocycles. The zero-order chi connectivity index (χ0) is 19.6. The van der Waals surface area contributed by atoms with Crippen LogP contribution in [0, 0.1) is 13.8 Å². The quantitative estimate of drug-likeness (QED) is 0.722. The summed E-state index contributed by atoms with van der Waals surface area (Å²) in [6.07, 6.45) is 3.36. The standard InChI is InChI=1S/C21H23N3O3/c1-13-19(14(2)27-24-13)12-23-20(25)16-7-5-6-15(8-16)17-9-18(11-22-10-17)21(3,4)26/h5-11,26H,12H2,1-4H3,(H,23,25). The molecule has 3 aromatic rings. The number of hydrogen-bond acceptors (Lipinski definition) is 5. The van der Waals surface area contributed by atoms with Crippen molar-refractivity contribution in [3.05, 3.63) is 70.9 Å². The summed E-state index contributed by atoms with van der Waals surface area (Å²) in [6.45, 7) is 7.46. The Bertz CT molecular complexity index is 951. The molecule has 1 amide bonds. The van der Waals surface area contributed by atoms with Gasteiger partial charge in [-0.2, -0.15) is 0 Å². The van der Waals surface area contributed by atoms with Gasteiger partial charge < -0.3 is 14.9 Å². The second-order valence-electron chi connectivity index (χ2n) is 7.09. The lowest BCUT2D eigenvalue weighted by molar-refractivity contribution is 0.0782. The zero-order valence-corrected chi connectivity index (χ0v) is 15.9. The van der Waals surface area contributed by atoms with Crippen LogP contribution in [0.2, 0.25) is 0 Å². The van der Waals surface area contributed by atoms with Gasteiger partial charge in [0.2, 0.25) is 0 Å². The fourth-order valence-corrected chi connectivity index (χ4v) is 2.80. The second-order valence-corrected chi connectivity index (χ2v) is 7.09. The van der Waals surface area contributed by atoms with Gasteiger partial charge >= 0.3 is 0 Å². The van der Waals surface area contributed by atoms with E-state index in [1.807, 2.05) is 38.1 Å². The molecule has 0 saturated carbocycles. The smallest absolute Gasteiger partial charge is 0.251 e. The maximum absolute atomic E-state index is 12.6.